The molecule has 0 bridgehead atoms. The van der Waals surface area contributed by atoms with Crippen LogP contribution in [0.4, 0.5) is 8.78 Å². The van der Waals surface area contributed by atoms with Crippen LogP contribution in [0.1, 0.15) is 13.3 Å². The summed E-state index contributed by atoms with van der Waals surface area (Å²) in [5, 5.41) is 0. The molecule has 0 saturated heterocycles. The Balaban J connectivity index is 3.80. The van der Waals surface area contributed by atoms with Crippen LogP contribution in [0.2, 0.25) is 0 Å². The third-order valence-electron chi connectivity index (χ3n) is 1.47. The summed E-state index contributed by atoms with van der Waals surface area (Å²) in [5.74, 6) is 0. The lowest BCUT2D eigenvalue weighted by Crippen LogP contribution is -2.37. The zero-order valence-corrected chi connectivity index (χ0v) is 6.82. The van der Waals surface area contributed by atoms with Crippen LogP contribution in [-0.4, -0.2) is 37.9 Å². The Kier molecular flexibility index (Phi) is 3.79. The molecule has 1 nitrogen and oxygen atoms in total. The summed E-state index contributed by atoms with van der Waals surface area (Å²) in [5.41, 5.74) is -1.64. The number of hydrogen-bond acceptors (Lipinski definition) is 1. The van der Waals surface area contributed by atoms with Gasteiger partial charge >= 0.3 is 0 Å². The van der Waals surface area contributed by atoms with Gasteiger partial charge in [-0.3, -0.25) is 0 Å². The highest BCUT2D eigenvalue weighted by molar-refractivity contribution is 4.78. The van der Waals surface area contributed by atoms with E-state index in [0.29, 0.717) is 0 Å². The molecular weight excluding hydrogens is 136 g/mol. The lowest BCUT2D eigenvalue weighted by molar-refractivity contribution is 0.0808. The van der Waals surface area contributed by atoms with Crippen molar-refractivity contribution in [1.29, 1.82) is 0 Å². The second kappa shape index (κ2) is 3.86. The number of hydrogen-bond donors (Lipinski definition) is 0. The van der Waals surface area contributed by atoms with Gasteiger partial charge in [-0.2, -0.15) is 0 Å². The Bertz CT molecular complexity index is 89.6. The Labute approximate surface area is 61.0 Å². The summed E-state index contributed by atoms with van der Waals surface area (Å²) in [6, 6.07) is 0. The second-order valence-corrected chi connectivity index (χ2v) is 2.88. The third kappa shape index (κ3) is 3.11. The molecule has 0 aromatic carbocycles. The van der Waals surface area contributed by atoms with E-state index in [2.05, 4.69) is 0 Å². The van der Waals surface area contributed by atoms with E-state index in [1.54, 1.807) is 25.9 Å². The lowest BCUT2D eigenvalue weighted by atomic mass is 10.1. The number of alkyl halides is 2. The highest BCUT2D eigenvalue weighted by Crippen LogP contribution is 2.16. The van der Waals surface area contributed by atoms with Crippen LogP contribution in [0.25, 0.3) is 0 Å². The molecule has 0 heterocycles. The molecule has 10 heavy (non-hydrogen) atoms. The van der Waals surface area contributed by atoms with E-state index in [1.807, 2.05) is 0 Å². The van der Waals surface area contributed by atoms with Gasteiger partial charge in [0.2, 0.25) is 0 Å². The molecular formula is C7H15F2N. The van der Waals surface area contributed by atoms with Crippen molar-refractivity contribution in [3.05, 3.63) is 0 Å². The molecule has 0 aromatic rings. The number of halogens is 2. The molecule has 1 unspecified atom stereocenters. The second-order valence-electron chi connectivity index (χ2n) is 2.88. The van der Waals surface area contributed by atoms with E-state index in [-0.39, 0.29) is 13.0 Å². The summed E-state index contributed by atoms with van der Waals surface area (Å²) in [7, 11) is 3.47. The van der Waals surface area contributed by atoms with Crippen molar-refractivity contribution in [2.75, 3.05) is 27.3 Å². The summed E-state index contributed by atoms with van der Waals surface area (Å²) in [6.45, 7) is 0.935. The van der Waals surface area contributed by atoms with Gasteiger partial charge in [-0.05, 0) is 20.5 Å². The average Bonchev–Trinajstić information content (AvgIpc) is 1.87. The van der Waals surface area contributed by atoms with Crippen LogP contribution >= 0.6 is 0 Å². The number of nitrogens with zero attached hydrogens (tertiary/aromatic N) is 1. The molecule has 0 aliphatic carbocycles. The molecule has 0 amide bonds. The molecule has 0 radical (unpaired) electrons. The monoisotopic (exact) mass is 151 g/mol. The highest BCUT2D eigenvalue weighted by Gasteiger charge is 2.27. The largest absolute Gasteiger partial charge is 0.306 e. The Morgan fingerprint density at radius 1 is 1.40 bits per heavy atom. The van der Waals surface area contributed by atoms with Crippen molar-refractivity contribution in [3.8, 4) is 0 Å². The van der Waals surface area contributed by atoms with Crippen LogP contribution in [0.3, 0.4) is 0 Å². The maximum Gasteiger partial charge on any atom is 0.151 e. The van der Waals surface area contributed by atoms with Crippen molar-refractivity contribution in [1.82, 2.24) is 4.90 Å². The Hall–Kier alpha value is -0.180. The maximum atomic E-state index is 13.1. The van der Waals surface area contributed by atoms with Crippen molar-refractivity contribution in [3.63, 3.8) is 0 Å². The molecule has 0 saturated carbocycles. The minimum absolute atomic E-state index is 0.167. The Morgan fingerprint density at radius 3 is 2.00 bits per heavy atom. The molecule has 0 aliphatic heterocycles. The third-order valence-corrected chi connectivity index (χ3v) is 1.47. The van der Waals surface area contributed by atoms with Crippen LogP contribution in [0.15, 0.2) is 0 Å². The van der Waals surface area contributed by atoms with Crippen molar-refractivity contribution >= 4 is 0 Å². The predicted molar refractivity (Wildman–Crippen MR) is 38.7 cm³/mol. The first-order valence-electron chi connectivity index (χ1n) is 3.43. The Morgan fingerprint density at radius 2 is 1.90 bits per heavy atom. The minimum atomic E-state index is -1.64. The normalized spacial score (nSPS) is 17.4. The van der Waals surface area contributed by atoms with Crippen LogP contribution < -0.4 is 0 Å². The first-order chi connectivity index (χ1) is 4.54. The molecule has 0 fully saturated rings. The quantitative estimate of drug-likeness (QED) is 0.590. The fourth-order valence-electron chi connectivity index (χ4n) is 0.815. The van der Waals surface area contributed by atoms with Gasteiger partial charge < -0.3 is 4.90 Å². The molecule has 0 rings (SSSR count). The van der Waals surface area contributed by atoms with Crippen LogP contribution in [0.5, 0.6) is 0 Å². The zero-order valence-electron chi connectivity index (χ0n) is 6.82. The van der Waals surface area contributed by atoms with Gasteiger partial charge in [0.05, 0.1) is 0 Å². The fraction of sp³-hybridized carbons (Fsp3) is 1.00. The molecule has 0 aliphatic rings. The van der Waals surface area contributed by atoms with Crippen molar-refractivity contribution < 1.29 is 8.78 Å². The molecule has 0 aromatic heterocycles. The highest BCUT2D eigenvalue weighted by atomic mass is 19.2. The van der Waals surface area contributed by atoms with Gasteiger partial charge in [0.25, 0.3) is 0 Å². The minimum Gasteiger partial charge on any atom is -0.306 e. The maximum absolute atomic E-state index is 13.1. The SMILES string of the molecule is CCC(F)(CF)CN(C)C. The summed E-state index contributed by atoms with van der Waals surface area (Å²) in [4.78, 5) is 1.66. The molecule has 62 valence electrons. The lowest BCUT2D eigenvalue weighted by Gasteiger charge is -2.23. The average molecular weight is 151 g/mol. The number of rotatable bonds is 4. The zero-order chi connectivity index (χ0) is 8.20. The van der Waals surface area contributed by atoms with Crippen LogP contribution in [0, 0.1) is 0 Å². The first-order valence-corrected chi connectivity index (χ1v) is 3.43. The van der Waals surface area contributed by atoms with E-state index in [9.17, 15) is 8.78 Å². The van der Waals surface area contributed by atoms with Gasteiger partial charge in [-0.15, -0.1) is 0 Å². The summed E-state index contributed by atoms with van der Waals surface area (Å²) < 4.78 is 25.1. The van der Waals surface area contributed by atoms with E-state index in [0.717, 1.165) is 0 Å². The smallest absolute Gasteiger partial charge is 0.151 e. The van der Waals surface area contributed by atoms with Gasteiger partial charge in [0.1, 0.15) is 6.67 Å². The van der Waals surface area contributed by atoms with Crippen molar-refractivity contribution in [2.45, 2.75) is 19.0 Å². The van der Waals surface area contributed by atoms with Gasteiger partial charge in [0.15, 0.2) is 5.67 Å². The summed E-state index contributed by atoms with van der Waals surface area (Å²) in [6.07, 6.45) is 0.238. The summed E-state index contributed by atoms with van der Waals surface area (Å²) >= 11 is 0. The molecule has 3 heteroatoms. The van der Waals surface area contributed by atoms with E-state index < -0.39 is 12.3 Å². The van der Waals surface area contributed by atoms with Crippen LogP contribution in [-0.2, 0) is 0 Å². The van der Waals surface area contributed by atoms with E-state index >= 15 is 0 Å². The molecule has 1 atom stereocenters. The van der Waals surface area contributed by atoms with Gasteiger partial charge in [-0.25, -0.2) is 8.78 Å². The van der Waals surface area contributed by atoms with E-state index in [4.69, 9.17) is 0 Å². The van der Waals surface area contributed by atoms with Gasteiger partial charge in [0, 0.05) is 6.54 Å². The topological polar surface area (TPSA) is 3.24 Å². The van der Waals surface area contributed by atoms with E-state index in [1.165, 1.54) is 0 Å². The van der Waals surface area contributed by atoms with Crippen molar-refractivity contribution in [2.24, 2.45) is 0 Å². The fourth-order valence-corrected chi connectivity index (χ4v) is 0.815. The molecule has 0 spiro atoms. The first kappa shape index (κ1) is 9.82. The predicted octanol–water partition coefficient (Wildman–Crippen LogP) is 1.64. The van der Waals surface area contributed by atoms with Gasteiger partial charge in [-0.1, -0.05) is 6.92 Å². The standard InChI is InChI=1S/C7H15F2N/c1-4-7(9,5-8)6-10(2)3/h4-6H2,1-3H3. The molecule has 0 N–H and O–H groups in total.